The molecule has 22 heavy (non-hydrogen) atoms. The van der Waals surface area contributed by atoms with Crippen LogP contribution in [-0.4, -0.2) is 28.2 Å². The van der Waals surface area contributed by atoms with E-state index in [0.717, 1.165) is 32.1 Å². The standard InChI is InChI=1S/C19H28O3/c1-18-7-5-12(20)9-11(18)3-4-13-14(18)6-8-19(2)15(13)10-16(21)17(19)22/h3-4,11,13-17,21-22H,5-10H2,1-2H3/t11?,13-,14-,15+,16?,17?,18+,19+/m1/s1. The largest absolute Gasteiger partial charge is 0.390 e. The first-order valence-electron chi connectivity index (χ1n) is 8.92. The van der Waals surface area contributed by atoms with Crippen LogP contribution < -0.4 is 0 Å². The molecule has 0 aliphatic heterocycles. The smallest absolute Gasteiger partial charge is 0.133 e. The summed E-state index contributed by atoms with van der Waals surface area (Å²) in [6.07, 6.45) is 8.78. The molecule has 3 nitrogen and oxygen atoms in total. The van der Waals surface area contributed by atoms with E-state index in [4.69, 9.17) is 0 Å². The van der Waals surface area contributed by atoms with Gasteiger partial charge in [0.05, 0.1) is 12.2 Å². The van der Waals surface area contributed by atoms with Crippen molar-refractivity contribution in [2.24, 2.45) is 34.5 Å². The molecule has 4 rings (SSSR count). The summed E-state index contributed by atoms with van der Waals surface area (Å²) in [6, 6.07) is 0. The van der Waals surface area contributed by atoms with Crippen LogP contribution in [0.15, 0.2) is 12.2 Å². The number of aliphatic hydroxyl groups excluding tert-OH is 2. The average Bonchev–Trinajstić information content (AvgIpc) is 2.72. The molecule has 0 bridgehead atoms. The second-order valence-electron chi connectivity index (χ2n) is 8.82. The zero-order valence-electron chi connectivity index (χ0n) is 13.7. The fraction of sp³-hybridized carbons (Fsp3) is 0.842. The van der Waals surface area contributed by atoms with Crippen molar-refractivity contribution in [3.8, 4) is 0 Å². The lowest BCUT2D eigenvalue weighted by molar-refractivity contribution is -0.129. The number of carbonyl (C=O) groups is 1. The first-order valence-corrected chi connectivity index (χ1v) is 8.92. The first-order chi connectivity index (χ1) is 10.4. The molecule has 0 radical (unpaired) electrons. The second kappa shape index (κ2) is 4.67. The molecule has 3 heteroatoms. The Morgan fingerprint density at radius 2 is 1.86 bits per heavy atom. The van der Waals surface area contributed by atoms with Crippen molar-refractivity contribution in [3.63, 3.8) is 0 Å². The normalized spacial score (nSPS) is 57.2. The van der Waals surface area contributed by atoms with E-state index < -0.39 is 12.2 Å². The molecule has 8 atom stereocenters. The SMILES string of the molecule is C[C@]12CCC(=O)CC1C=C[C@@H]1[C@H]2CC[C@]2(C)C(O)C(O)C[C@@H]12. The van der Waals surface area contributed by atoms with Gasteiger partial charge < -0.3 is 10.2 Å². The highest BCUT2D eigenvalue weighted by Gasteiger charge is 2.60. The van der Waals surface area contributed by atoms with Gasteiger partial charge in [-0.05, 0) is 60.2 Å². The van der Waals surface area contributed by atoms with Crippen molar-refractivity contribution in [1.29, 1.82) is 0 Å². The van der Waals surface area contributed by atoms with Gasteiger partial charge in [0, 0.05) is 12.8 Å². The molecule has 0 aromatic rings. The molecular formula is C19H28O3. The molecule has 3 saturated carbocycles. The third-order valence-corrected chi connectivity index (χ3v) is 7.96. The van der Waals surface area contributed by atoms with E-state index in [2.05, 4.69) is 26.0 Å². The first kappa shape index (κ1) is 14.9. The molecule has 4 aliphatic rings. The number of hydrogen-bond donors (Lipinski definition) is 2. The van der Waals surface area contributed by atoms with Crippen LogP contribution in [0.3, 0.4) is 0 Å². The average molecular weight is 304 g/mol. The molecule has 0 heterocycles. The van der Waals surface area contributed by atoms with Crippen LogP contribution in [0.5, 0.6) is 0 Å². The van der Waals surface area contributed by atoms with Gasteiger partial charge in [0.2, 0.25) is 0 Å². The quantitative estimate of drug-likeness (QED) is 0.677. The van der Waals surface area contributed by atoms with Crippen LogP contribution >= 0.6 is 0 Å². The van der Waals surface area contributed by atoms with Gasteiger partial charge in [-0.25, -0.2) is 0 Å². The maximum absolute atomic E-state index is 11.8. The number of carbonyl (C=O) groups excluding carboxylic acids is 1. The van der Waals surface area contributed by atoms with E-state index in [0.29, 0.717) is 35.9 Å². The van der Waals surface area contributed by atoms with Gasteiger partial charge in [0.1, 0.15) is 5.78 Å². The van der Waals surface area contributed by atoms with Crippen molar-refractivity contribution in [2.45, 2.75) is 64.6 Å². The van der Waals surface area contributed by atoms with Crippen molar-refractivity contribution in [2.75, 3.05) is 0 Å². The topological polar surface area (TPSA) is 57.5 Å². The molecule has 2 N–H and O–H groups in total. The molecule has 3 unspecified atom stereocenters. The van der Waals surface area contributed by atoms with Gasteiger partial charge in [-0.15, -0.1) is 0 Å². The van der Waals surface area contributed by atoms with Crippen LogP contribution in [0.1, 0.15) is 52.4 Å². The summed E-state index contributed by atoms with van der Waals surface area (Å²) in [4.78, 5) is 11.8. The number of Topliss-reactive ketones (excluding diaryl/α,β-unsaturated/α-hetero) is 1. The maximum Gasteiger partial charge on any atom is 0.133 e. The summed E-state index contributed by atoms with van der Waals surface area (Å²) in [5.74, 6) is 2.25. The summed E-state index contributed by atoms with van der Waals surface area (Å²) in [7, 11) is 0. The molecule has 3 fully saturated rings. The zero-order chi connectivity index (χ0) is 15.7. The van der Waals surface area contributed by atoms with Gasteiger partial charge in [0.15, 0.2) is 0 Å². The molecule has 0 spiro atoms. The molecular weight excluding hydrogens is 276 g/mol. The van der Waals surface area contributed by atoms with Crippen molar-refractivity contribution < 1.29 is 15.0 Å². The van der Waals surface area contributed by atoms with Crippen LogP contribution in [0, 0.1) is 34.5 Å². The minimum atomic E-state index is -0.578. The van der Waals surface area contributed by atoms with Gasteiger partial charge in [0.25, 0.3) is 0 Å². The summed E-state index contributed by atoms with van der Waals surface area (Å²) in [5.41, 5.74) is 0.0890. The van der Waals surface area contributed by atoms with Crippen molar-refractivity contribution >= 4 is 5.78 Å². The number of aliphatic hydroxyl groups is 2. The van der Waals surface area contributed by atoms with Crippen LogP contribution in [-0.2, 0) is 4.79 Å². The molecule has 4 aliphatic carbocycles. The van der Waals surface area contributed by atoms with Crippen LogP contribution in [0.25, 0.3) is 0 Å². The van der Waals surface area contributed by atoms with E-state index in [-0.39, 0.29) is 10.8 Å². The third-order valence-electron chi connectivity index (χ3n) is 7.96. The highest BCUT2D eigenvalue weighted by molar-refractivity contribution is 5.80. The Balaban J connectivity index is 1.70. The fourth-order valence-corrected chi connectivity index (χ4v) is 6.41. The minimum absolute atomic E-state index is 0.140. The predicted molar refractivity (Wildman–Crippen MR) is 84.0 cm³/mol. The second-order valence-corrected chi connectivity index (χ2v) is 8.82. The Labute approximate surface area is 132 Å². The van der Waals surface area contributed by atoms with E-state index >= 15 is 0 Å². The molecule has 0 saturated heterocycles. The Hall–Kier alpha value is -0.670. The van der Waals surface area contributed by atoms with Gasteiger partial charge in [-0.3, -0.25) is 4.79 Å². The van der Waals surface area contributed by atoms with Crippen molar-refractivity contribution in [3.05, 3.63) is 12.2 Å². The summed E-state index contributed by atoms with van der Waals surface area (Å²) >= 11 is 0. The Bertz CT molecular complexity index is 527. The Morgan fingerprint density at radius 1 is 1.09 bits per heavy atom. The van der Waals surface area contributed by atoms with Gasteiger partial charge in [-0.2, -0.15) is 0 Å². The van der Waals surface area contributed by atoms with E-state index in [1.54, 1.807) is 0 Å². The van der Waals surface area contributed by atoms with Crippen molar-refractivity contribution in [1.82, 2.24) is 0 Å². The van der Waals surface area contributed by atoms with Gasteiger partial charge >= 0.3 is 0 Å². The minimum Gasteiger partial charge on any atom is -0.390 e. The lowest BCUT2D eigenvalue weighted by Crippen LogP contribution is -2.52. The Kier molecular flexibility index (Phi) is 3.16. The van der Waals surface area contributed by atoms with Crippen LogP contribution in [0.2, 0.25) is 0 Å². The van der Waals surface area contributed by atoms with E-state index in [1.807, 2.05) is 0 Å². The lowest BCUT2D eigenvalue weighted by atomic mass is 9.47. The highest BCUT2D eigenvalue weighted by Crippen LogP contribution is 2.64. The summed E-state index contributed by atoms with van der Waals surface area (Å²) in [5, 5.41) is 20.7. The molecule has 0 aromatic carbocycles. The third kappa shape index (κ3) is 1.78. The monoisotopic (exact) mass is 304 g/mol. The highest BCUT2D eigenvalue weighted by atomic mass is 16.3. The number of rotatable bonds is 0. The number of fused-ring (bicyclic) bond motifs is 5. The number of hydrogen-bond acceptors (Lipinski definition) is 3. The maximum atomic E-state index is 11.8. The van der Waals surface area contributed by atoms with Gasteiger partial charge in [-0.1, -0.05) is 26.0 Å². The molecule has 0 aromatic heterocycles. The molecule has 0 amide bonds. The van der Waals surface area contributed by atoms with E-state index in [9.17, 15) is 15.0 Å². The Morgan fingerprint density at radius 3 is 2.64 bits per heavy atom. The van der Waals surface area contributed by atoms with E-state index in [1.165, 1.54) is 0 Å². The lowest BCUT2D eigenvalue weighted by Gasteiger charge is -2.57. The number of ketones is 1. The zero-order valence-corrected chi connectivity index (χ0v) is 13.7. The number of allylic oxidation sites excluding steroid dienone is 2. The fourth-order valence-electron chi connectivity index (χ4n) is 6.41. The van der Waals surface area contributed by atoms with Crippen LogP contribution in [0.4, 0.5) is 0 Å². The summed E-state index contributed by atoms with van der Waals surface area (Å²) in [6.45, 7) is 4.55. The summed E-state index contributed by atoms with van der Waals surface area (Å²) < 4.78 is 0. The molecule has 122 valence electrons. The predicted octanol–water partition coefficient (Wildman–Crippen LogP) is 2.71.